The van der Waals surface area contributed by atoms with Crippen LogP contribution < -0.4 is 0 Å². The van der Waals surface area contributed by atoms with Crippen LogP contribution in [-0.2, 0) is 16.2 Å². The molecule has 3 aliphatic rings. The average molecular weight is 831 g/mol. The molecule has 0 unspecified atom stereocenters. The molecule has 0 heteroatoms. The van der Waals surface area contributed by atoms with Crippen LogP contribution in [0, 0.1) is 0 Å². The van der Waals surface area contributed by atoms with E-state index in [4.69, 9.17) is 0 Å². The topological polar surface area (TPSA) is 0 Å². The summed E-state index contributed by atoms with van der Waals surface area (Å²) in [6.45, 7) is 14.7. The molecule has 65 heavy (non-hydrogen) atoms. The van der Waals surface area contributed by atoms with E-state index >= 15 is 0 Å². The lowest BCUT2D eigenvalue weighted by atomic mass is 9.78. The Morgan fingerprint density at radius 2 is 0.508 bits per heavy atom. The highest BCUT2D eigenvalue weighted by atomic mass is 14.5. The average Bonchev–Trinajstić information content (AvgIpc) is 3.81. The van der Waals surface area contributed by atoms with Crippen LogP contribution in [-0.4, -0.2) is 0 Å². The highest BCUT2D eigenvalue weighted by molar-refractivity contribution is 6.13. The van der Waals surface area contributed by atoms with Crippen LogP contribution in [0.3, 0.4) is 0 Å². The molecule has 0 heterocycles. The molecule has 0 saturated carbocycles. The monoisotopic (exact) mass is 830 g/mol. The van der Waals surface area contributed by atoms with Crippen LogP contribution in [0.15, 0.2) is 194 Å². The van der Waals surface area contributed by atoms with Crippen molar-refractivity contribution < 1.29 is 0 Å². The number of rotatable bonds is 4. The van der Waals surface area contributed by atoms with Crippen molar-refractivity contribution in [3.8, 4) is 77.9 Å². The van der Waals surface area contributed by atoms with Gasteiger partial charge in [0.25, 0.3) is 0 Å². The quantitative estimate of drug-likeness (QED) is 0.166. The zero-order valence-corrected chi connectivity index (χ0v) is 38.0. The molecule has 0 saturated heterocycles. The molecular weight excluding hydrogens is 781 g/mol. The molecule has 3 aliphatic carbocycles. The molecule has 0 N–H and O–H groups in total. The van der Waals surface area contributed by atoms with Gasteiger partial charge in [-0.25, -0.2) is 0 Å². The summed E-state index contributed by atoms with van der Waals surface area (Å²) in [5.41, 5.74) is 26.3. The predicted octanol–water partition coefficient (Wildman–Crippen LogP) is 17.6. The maximum atomic E-state index is 2.60. The Balaban J connectivity index is 1.01. The van der Waals surface area contributed by atoms with Crippen molar-refractivity contribution in [1.29, 1.82) is 0 Å². The van der Waals surface area contributed by atoms with Gasteiger partial charge in [-0.1, -0.05) is 187 Å². The Labute approximate surface area is 382 Å². The molecule has 0 aliphatic heterocycles. The minimum atomic E-state index is -0.199. The van der Waals surface area contributed by atoms with Crippen molar-refractivity contribution in [1.82, 2.24) is 0 Å². The third-order valence-corrected chi connectivity index (χ3v) is 15.8. The summed E-state index contributed by atoms with van der Waals surface area (Å²) < 4.78 is 0. The molecule has 0 fully saturated rings. The highest BCUT2D eigenvalue weighted by Gasteiger charge is 2.45. The summed E-state index contributed by atoms with van der Waals surface area (Å²) in [5.74, 6) is 0. The van der Waals surface area contributed by atoms with E-state index in [2.05, 4.69) is 236 Å². The molecule has 0 radical (unpaired) electrons. The Hall–Kier alpha value is -7.28. The first-order chi connectivity index (χ1) is 31.5. The summed E-state index contributed by atoms with van der Waals surface area (Å²) in [6, 6.07) is 73.4. The second-order valence-corrected chi connectivity index (χ2v) is 20.4. The smallest absolute Gasteiger partial charge is 0.0159 e. The van der Waals surface area contributed by atoms with E-state index in [1.165, 1.54) is 133 Å². The third kappa shape index (κ3) is 5.32. The molecule has 10 aromatic rings. The SMILES string of the molecule is CC1(C)c2cc3c(cc2-c2cc4c(cc21)-c1c(cc(-c2ccccc2)c2cc(-c5ccccc5)ccc12)C4(C)C)C(C)(C)c1cc(-c2ccccc2)c2cc(-c4ccccc4)ccc2c1-3. The molecular formula is C65H50. The van der Waals surface area contributed by atoms with E-state index in [-0.39, 0.29) is 16.2 Å². The van der Waals surface area contributed by atoms with Gasteiger partial charge in [0, 0.05) is 16.2 Å². The fourth-order valence-corrected chi connectivity index (χ4v) is 12.3. The van der Waals surface area contributed by atoms with E-state index in [0.717, 1.165) is 0 Å². The number of hydrogen-bond donors (Lipinski definition) is 0. The van der Waals surface area contributed by atoms with E-state index in [1.807, 2.05) is 0 Å². The van der Waals surface area contributed by atoms with Gasteiger partial charge in [-0.05, 0) is 181 Å². The molecule has 0 atom stereocenters. The largest absolute Gasteiger partial charge is 0.0622 e. The van der Waals surface area contributed by atoms with Crippen LogP contribution >= 0.6 is 0 Å². The first kappa shape index (κ1) is 38.2. The Kier molecular flexibility index (Phi) is 7.86. The van der Waals surface area contributed by atoms with Crippen molar-refractivity contribution in [2.45, 2.75) is 57.8 Å². The molecule has 0 aromatic heterocycles. The van der Waals surface area contributed by atoms with Crippen LogP contribution in [0.5, 0.6) is 0 Å². The van der Waals surface area contributed by atoms with Gasteiger partial charge < -0.3 is 0 Å². The Bertz CT molecular complexity index is 3380. The Morgan fingerprint density at radius 3 is 0.877 bits per heavy atom. The lowest BCUT2D eigenvalue weighted by molar-refractivity contribution is 0.649. The standard InChI is InChI=1S/C65H50/c1-63(2)55-37-53-57(64(3,4)59-33-47(41-23-15-9-16-24-41)49-31-43(27-29-45(49)61(53)59)39-19-11-7-12-20-39)35-51(55)52-36-58-54(38-56(52)63)62-46-30-28-44(40-21-13-8-14-22-40)32-50(46)48(34-60(62)65(58,5)6)42-25-17-10-18-26-42/h7-38H,1-6H3. The zero-order valence-electron chi connectivity index (χ0n) is 38.0. The van der Waals surface area contributed by atoms with Crippen molar-refractivity contribution in [3.05, 3.63) is 228 Å². The first-order valence-corrected chi connectivity index (χ1v) is 23.3. The number of hydrogen-bond acceptors (Lipinski definition) is 0. The molecule has 0 amide bonds. The van der Waals surface area contributed by atoms with E-state index in [1.54, 1.807) is 0 Å². The fourth-order valence-electron chi connectivity index (χ4n) is 12.3. The number of fused-ring (bicyclic) bond motifs is 13. The van der Waals surface area contributed by atoms with Crippen molar-refractivity contribution in [2.24, 2.45) is 0 Å². The summed E-state index contributed by atoms with van der Waals surface area (Å²) in [6.07, 6.45) is 0. The van der Waals surface area contributed by atoms with Gasteiger partial charge in [-0.2, -0.15) is 0 Å². The van der Waals surface area contributed by atoms with Crippen LogP contribution in [0.25, 0.3) is 99.4 Å². The van der Waals surface area contributed by atoms with Gasteiger partial charge >= 0.3 is 0 Å². The zero-order chi connectivity index (χ0) is 44.0. The predicted molar refractivity (Wildman–Crippen MR) is 276 cm³/mol. The normalized spacial score (nSPS) is 15.3. The minimum absolute atomic E-state index is 0.194. The Morgan fingerprint density at radius 1 is 0.215 bits per heavy atom. The highest BCUT2D eigenvalue weighted by Crippen LogP contribution is 2.61. The molecule has 10 aromatic carbocycles. The van der Waals surface area contributed by atoms with Gasteiger partial charge in [0.2, 0.25) is 0 Å². The van der Waals surface area contributed by atoms with Crippen LogP contribution in [0.1, 0.15) is 74.9 Å². The third-order valence-electron chi connectivity index (χ3n) is 15.8. The molecule has 310 valence electrons. The van der Waals surface area contributed by atoms with Crippen molar-refractivity contribution in [2.75, 3.05) is 0 Å². The van der Waals surface area contributed by atoms with E-state index < -0.39 is 0 Å². The van der Waals surface area contributed by atoms with Gasteiger partial charge in [0.05, 0.1) is 0 Å². The van der Waals surface area contributed by atoms with Gasteiger partial charge in [-0.3, -0.25) is 0 Å². The van der Waals surface area contributed by atoms with E-state index in [9.17, 15) is 0 Å². The molecule has 0 nitrogen and oxygen atoms in total. The van der Waals surface area contributed by atoms with Crippen LogP contribution in [0.2, 0.25) is 0 Å². The lowest BCUT2D eigenvalue weighted by Gasteiger charge is -2.25. The first-order valence-electron chi connectivity index (χ1n) is 23.3. The fraction of sp³-hybridized carbons (Fsp3) is 0.138. The summed E-state index contributed by atoms with van der Waals surface area (Å²) in [5, 5.41) is 5.27. The second-order valence-electron chi connectivity index (χ2n) is 20.4. The maximum Gasteiger partial charge on any atom is 0.0159 e. The van der Waals surface area contributed by atoms with Gasteiger partial charge in [0.1, 0.15) is 0 Å². The van der Waals surface area contributed by atoms with Crippen LogP contribution in [0.4, 0.5) is 0 Å². The number of benzene rings is 10. The summed E-state index contributed by atoms with van der Waals surface area (Å²) in [4.78, 5) is 0. The molecule has 13 rings (SSSR count). The van der Waals surface area contributed by atoms with Crippen molar-refractivity contribution in [3.63, 3.8) is 0 Å². The summed E-state index contributed by atoms with van der Waals surface area (Å²) >= 11 is 0. The lowest BCUT2D eigenvalue weighted by Crippen LogP contribution is -2.17. The second kappa shape index (κ2) is 13.4. The van der Waals surface area contributed by atoms with Crippen molar-refractivity contribution >= 4 is 21.5 Å². The van der Waals surface area contributed by atoms with Gasteiger partial charge in [-0.15, -0.1) is 0 Å². The maximum absolute atomic E-state index is 2.60. The molecule has 0 spiro atoms. The minimum Gasteiger partial charge on any atom is -0.0622 e. The summed E-state index contributed by atoms with van der Waals surface area (Å²) in [7, 11) is 0. The van der Waals surface area contributed by atoms with E-state index in [0.29, 0.717) is 0 Å². The molecule has 0 bridgehead atoms. The van der Waals surface area contributed by atoms with Gasteiger partial charge in [0.15, 0.2) is 0 Å².